The Balaban J connectivity index is 2.02. The van der Waals surface area contributed by atoms with Crippen LogP contribution in [0.25, 0.3) is 0 Å². The molecule has 10 heteroatoms. The Labute approximate surface area is 175 Å². The van der Waals surface area contributed by atoms with Crippen LogP contribution in [0.1, 0.15) is 22.7 Å². The molecule has 0 fully saturated rings. The summed E-state index contributed by atoms with van der Waals surface area (Å²) in [6.45, 7) is 1.00. The molecule has 0 saturated carbocycles. The van der Waals surface area contributed by atoms with Crippen molar-refractivity contribution in [2.45, 2.75) is 13.0 Å². The molecule has 0 bridgehead atoms. The SMILES string of the molecule is COCCCNC(=O)c1ccc(COc2c(Cl)c(Cl)c(Cl)c(Cl)c2Cl)o1. The van der Waals surface area contributed by atoms with Gasteiger partial charge in [0.1, 0.15) is 22.4 Å². The molecule has 0 atom stereocenters. The van der Waals surface area contributed by atoms with Gasteiger partial charge < -0.3 is 19.2 Å². The van der Waals surface area contributed by atoms with Gasteiger partial charge in [0.15, 0.2) is 11.5 Å². The highest BCUT2D eigenvalue weighted by atomic mass is 35.5. The smallest absolute Gasteiger partial charge is 0.286 e. The van der Waals surface area contributed by atoms with Crippen LogP contribution in [0.3, 0.4) is 0 Å². The molecule has 1 aromatic carbocycles. The van der Waals surface area contributed by atoms with Gasteiger partial charge in [0.25, 0.3) is 5.91 Å². The monoisotopic (exact) mass is 459 g/mol. The molecule has 1 aromatic heterocycles. The van der Waals surface area contributed by atoms with Crippen molar-refractivity contribution < 1.29 is 18.7 Å². The van der Waals surface area contributed by atoms with Crippen LogP contribution < -0.4 is 10.1 Å². The molecule has 1 amide bonds. The van der Waals surface area contributed by atoms with E-state index in [-0.39, 0.29) is 49.1 Å². The van der Waals surface area contributed by atoms with Crippen LogP contribution in [0.2, 0.25) is 25.1 Å². The highest BCUT2D eigenvalue weighted by Crippen LogP contribution is 2.48. The van der Waals surface area contributed by atoms with Gasteiger partial charge in [0.05, 0.1) is 15.1 Å². The summed E-state index contributed by atoms with van der Waals surface area (Å²) in [6, 6.07) is 3.14. The molecule has 5 nitrogen and oxygen atoms in total. The highest BCUT2D eigenvalue weighted by Gasteiger charge is 2.21. The largest absolute Gasteiger partial charge is 0.482 e. The zero-order chi connectivity index (χ0) is 19.3. The lowest BCUT2D eigenvalue weighted by Crippen LogP contribution is -2.24. The van der Waals surface area contributed by atoms with Crippen LogP contribution in [0.5, 0.6) is 5.75 Å². The lowest BCUT2D eigenvalue weighted by atomic mass is 10.3. The van der Waals surface area contributed by atoms with Gasteiger partial charge in [-0.05, 0) is 18.6 Å². The number of furan rings is 1. The summed E-state index contributed by atoms with van der Waals surface area (Å²) in [5.74, 6) is 0.294. The second-order valence-corrected chi connectivity index (χ2v) is 6.95. The number of halogens is 5. The first-order valence-electron chi connectivity index (χ1n) is 7.36. The quantitative estimate of drug-likeness (QED) is 0.302. The summed E-state index contributed by atoms with van der Waals surface area (Å²) < 4.78 is 15.9. The topological polar surface area (TPSA) is 60.7 Å². The fourth-order valence-electron chi connectivity index (χ4n) is 1.94. The van der Waals surface area contributed by atoms with Crippen molar-refractivity contribution in [2.75, 3.05) is 20.3 Å². The minimum absolute atomic E-state index is 0.0355. The fraction of sp³-hybridized carbons (Fsp3) is 0.312. The van der Waals surface area contributed by atoms with Crippen LogP contribution in [-0.4, -0.2) is 26.2 Å². The number of amides is 1. The van der Waals surface area contributed by atoms with E-state index in [9.17, 15) is 4.79 Å². The molecule has 0 unspecified atom stereocenters. The first kappa shape index (κ1) is 21.5. The van der Waals surface area contributed by atoms with E-state index >= 15 is 0 Å². The van der Waals surface area contributed by atoms with E-state index in [1.54, 1.807) is 13.2 Å². The molecule has 0 saturated heterocycles. The summed E-state index contributed by atoms with van der Waals surface area (Å²) in [7, 11) is 1.60. The Morgan fingerprint density at radius 2 is 1.65 bits per heavy atom. The van der Waals surface area contributed by atoms with Crippen molar-refractivity contribution in [1.82, 2.24) is 5.32 Å². The molecular weight excluding hydrogens is 447 g/mol. The van der Waals surface area contributed by atoms with Gasteiger partial charge in [-0.25, -0.2) is 0 Å². The molecule has 0 radical (unpaired) electrons. The van der Waals surface area contributed by atoms with E-state index in [4.69, 9.17) is 71.9 Å². The summed E-state index contributed by atoms with van der Waals surface area (Å²) >= 11 is 30.1. The highest BCUT2D eigenvalue weighted by molar-refractivity contribution is 6.55. The van der Waals surface area contributed by atoms with Crippen LogP contribution in [0.4, 0.5) is 0 Å². The zero-order valence-electron chi connectivity index (χ0n) is 13.5. The fourth-order valence-corrected chi connectivity index (χ4v) is 3.17. The van der Waals surface area contributed by atoms with Gasteiger partial charge in [-0.15, -0.1) is 0 Å². The Hall–Kier alpha value is -0.820. The van der Waals surface area contributed by atoms with Crippen LogP contribution in [-0.2, 0) is 11.3 Å². The van der Waals surface area contributed by atoms with E-state index < -0.39 is 0 Å². The number of ether oxygens (including phenoxy) is 2. The van der Waals surface area contributed by atoms with E-state index in [1.165, 1.54) is 6.07 Å². The average Bonchev–Trinajstić information content (AvgIpc) is 3.11. The van der Waals surface area contributed by atoms with Gasteiger partial charge in [-0.3, -0.25) is 4.79 Å². The molecule has 0 aliphatic carbocycles. The van der Waals surface area contributed by atoms with Crippen molar-refractivity contribution in [2.24, 2.45) is 0 Å². The maximum Gasteiger partial charge on any atom is 0.286 e. The third-order valence-corrected chi connectivity index (χ3v) is 5.47. The number of hydrogen-bond acceptors (Lipinski definition) is 4. The third-order valence-electron chi connectivity index (χ3n) is 3.22. The molecule has 26 heavy (non-hydrogen) atoms. The van der Waals surface area contributed by atoms with Crippen molar-refractivity contribution in [1.29, 1.82) is 0 Å². The summed E-state index contributed by atoms with van der Waals surface area (Å²) in [5, 5.41) is 2.90. The van der Waals surface area contributed by atoms with Crippen LogP contribution in [0, 0.1) is 0 Å². The summed E-state index contributed by atoms with van der Waals surface area (Å²) in [4.78, 5) is 12.0. The number of hydrogen-bond donors (Lipinski definition) is 1. The number of carbonyl (C=O) groups is 1. The molecule has 2 aromatic rings. The Bertz CT molecular complexity index is 764. The Morgan fingerprint density at radius 1 is 1.04 bits per heavy atom. The van der Waals surface area contributed by atoms with Crippen LogP contribution >= 0.6 is 58.0 Å². The lowest BCUT2D eigenvalue weighted by molar-refractivity contribution is 0.0917. The first-order valence-corrected chi connectivity index (χ1v) is 9.25. The summed E-state index contributed by atoms with van der Waals surface area (Å²) in [6.07, 6.45) is 0.702. The molecule has 2 rings (SSSR count). The van der Waals surface area contributed by atoms with Gasteiger partial charge in [0.2, 0.25) is 0 Å². The molecular formula is C16H14Cl5NO4. The second kappa shape index (κ2) is 9.93. The average molecular weight is 462 g/mol. The van der Waals surface area contributed by atoms with Gasteiger partial charge in [-0.2, -0.15) is 0 Å². The third kappa shape index (κ3) is 5.12. The Kier molecular flexibility index (Phi) is 8.20. The minimum Gasteiger partial charge on any atom is -0.482 e. The predicted molar refractivity (Wildman–Crippen MR) is 103 cm³/mol. The Morgan fingerprint density at radius 3 is 2.27 bits per heavy atom. The zero-order valence-corrected chi connectivity index (χ0v) is 17.3. The molecule has 0 spiro atoms. The molecule has 142 valence electrons. The second-order valence-electron chi connectivity index (χ2n) is 5.06. The van der Waals surface area contributed by atoms with Gasteiger partial charge >= 0.3 is 0 Å². The maximum absolute atomic E-state index is 12.0. The van der Waals surface area contributed by atoms with Crippen molar-refractivity contribution >= 4 is 63.9 Å². The normalized spacial score (nSPS) is 10.8. The number of carbonyl (C=O) groups excluding carboxylic acids is 1. The van der Waals surface area contributed by atoms with Crippen molar-refractivity contribution in [3.8, 4) is 5.75 Å². The first-order chi connectivity index (χ1) is 12.4. The van der Waals surface area contributed by atoms with Gasteiger partial charge in [0, 0.05) is 20.3 Å². The number of nitrogens with one attached hydrogen (secondary N) is 1. The van der Waals surface area contributed by atoms with Crippen molar-refractivity contribution in [3.63, 3.8) is 0 Å². The predicted octanol–water partition coefficient (Wildman–Crippen LogP) is 5.89. The van der Waals surface area contributed by atoms with Crippen molar-refractivity contribution in [3.05, 3.63) is 48.8 Å². The number of methoxy groups -OCH3 is 1. The van der Waals surface area contributed by atoms with E-state index in [1.807, 2.05) is 0 Å². The molecule has 0 aliphatic rings. The molecule has 1 N–H and O–H groups in total. The summed E-state index contributed by atoms with van der Waals surface area (Å²) in [5.41, 5.74) is 0. The van der Waals surface area contributed by atoms with Gasteiger partial charge in [-0.1, -0.05) is 58.0 Å². The van der Waals surface area contributed by atoms with E-state index in [2.05, 4.69) is 5.32 Å². The number of benzene rings is 1. The maximum atomic E-state index is 12.0. The molecule has 0 aliphatic heterocycles. The lowest BCUT2D eigenvalue weighted by Gasteiger charge is -2.12. The standard InChI is InChI=1S/C16H14Cl5NO4/c1-24-6-2-5-22-16(23)9-4-3-8(26-9)7-25-15-13(20)11(18)10(17)12(19)14(15)21/h3-4H,2,5-7H2,1H3,(H,22,23). The van der Waals surface area contributed by atoms with E-state index in [0.717, 1.165) is 0 Å². The number of rotatable bonds is 8. The minimum atomic E-state index is -0.332. The van der Waals surface area contributed by atoms with Crippen LogP contribution in [0.15, 0.2) is 16.5 Å². The van der Waals surface area contributed by atoms with E-state index in [0.29, 0.717) is 25.3 Å². The molecule has 1 heterocycles.